The van der Waals surface area contributed by atoms with E-state index in [1.807, 2.05) is 12.1 Å². The minimum Gasteiger partial charge on any atom is -0.504 e. The Kier molecular flexibility index (Phi) is 5.19. The number of phenolic OH excluding ortho intramolecular Hbond substituents is 1. The summed E-state index contributed by atoms with van der Waals surface area (Å²) in [5, 5.41) is 9.85. The van der Waals surface area contributed by atoms with Gasteiger partial charge in [0.15, 0.2) is 17.1 Å². The van der Waals surface area contributed by atoms with Crippen LogP contribution < -0.4 is 4.74 Å². The molecule has 0 bridgehead atoms. The van der Waals surface area contributed by atoms with Crippen molar-refractivity contribution in [2.45, 2.75) is 26.2 Å². The average Bonchev–Trinajstić information content (AvgIpc) is 2.62. The number of fused-ring (bicyclic) bond motifs is 1. The number of hydrogen-bond acceptors (Lipinski definition) is 6. The molecule has 0 amide bonds. The van der Waals surface area contributed by atoms with E-state index in [-0.39, 0.29) is 5.75 Å². The lowest BCUT2D eigenvalue weighted by atomic mass is 10.0. The Hall–Kier alpha value is -2.60. The summed E-state index contributed by atoms with van der Waals surface area (Å²) < 4.78 is 5.22. The molecular formula is C19H19N3O2S. The van der Waals surface area contributed by atoms with E-state index in [4.69, 9.17) is 21.9 Å². The van der Waals surface area contributed by atoms with Gasteiger partial charge in [0.2, 0.25) is 0 Å². The van der Waals surface area contributed by atoms with Gasteiger partial charge in [0, 0.05) is 18.2 Å². The summed E-state index contributed by atoms with van der Waals surface area (Å²) in [4.78, 5) is 14.7. The molecule has 1 aromatic carbocycles. The second-order valence-electron chi connectivity index (χ2n) is 5.72. The Morgan fingerprint density at radius 2 is 2.08 bits per heavy atom. The quantitative estimate of drug-likeness (QED) is 0.672. The summed E-state index contributed by atoms with van der Waals surface area (Å²) in [6.07, 6.45) is 4.14. The summed E-state index contributed by atoms with van der Waals surface area (Å²) >= 11 is 5.48. The normalized spacial score (nSPS) is 10.8. The largest absolute Gasteiger partial charge is 0.504 e. The molecule has 0 saturated heterocycles. The zero-order valence-electron chi connectivity index (χ0n) is 14.2. The van der Waals surface area contributed by atoms with Crippen molar-refractivity contribution in [3.05, 3.63) is 42.2 Å². The van der Waals surface area contributed by atoms with Crippen LogP contribution in [-0.2, 0) is 6.42 Å². The highest BCUT2D eigenvalue weighted by Crippen LogP contribution is 2.32. The molecule has 25 heavy (non-hydrogen) atoms. The van der Waals surface area contributed by atoms with Gasteiger partial charge >= 0.3 is 0 Å². The highest BCUT2D eigenvalue weighted by Gasteiger charge is 2.15. The van der Waals surface area contributed by atoms with Crippen molar-refractivity contribution in [1.82, 2.24) is 15.0 Å². The van der Waals surface area contributed by atoms with Crippen molar-refractivity contribution in [2.24, 2.45) is 0 Å². The third-order valence-corrected chi connectivity index (χ3v) is 4.21. The molecule has 0 aliphatic carbocycles. The van der Waals surface area contributed by atoms with Crippen LogP contribution in [0.2, 0.25) is 0 Å². The monoisotopic (exact) mass is 353 g/mol. The van der Waals surface area contributed by atoms with Gasteiger partial charge in [-0.15, -0.1) is 0 Å². The van der Waals surface area contributed by atoms with Crippen LogP contribution >= 0.6 is 12.2 Å². The predicted octanol–water partition coefficient (Wildman–Crippen LogP) is 4.12. The van der Waals surface area contributed by atoms with E-state index in [2.05, 4.69) is 16.9 Å². The Bertz CT molecular complexity index is 928. The van der Waals surface area contributed by atoms with Gasteiger partial charge in [-0.1, -0.05) is 25.6 Å². The molecule has 2 heterocycles. The molecule has 0 aliphatic rings. The van der Waals surface area contributed by atoms with Gasteiger partial charge in [0.25, 0.3) is 0 Å². The molecule has 2 aromatic heterocycles. The smallest absolute Gasteiger partial charge is 0.178 e. The number of hydrogen-bond donors (Lipinski definition) is 1. The zero-order valence-corrected chi connectivity index (χ0v) is 15.0. The van der Waals surface area contributed by atoms with Gasteiger partial charge in [-0.25, -0.2) is 15.0 Å². The van der Waals surface area contributed by atoms with Crippen molar-refractivity contribution in [3.63, 3.8) is 0 Å². The van der Waals surface area contributed by atoms with Crippen molar-refractivity contribution in [3.8, 4) is 22.8 Å². The SMILES string of the molecule is CCCC(=S)Cc1nc2ncccc2nc1-c1ccc(O)c(OC)c1. The fraction of sp³-hybridized carbons (Fsp3) is 0.263. The van der Waals surface area contributed by atoms with Gasteiger partial charge in [0.1, 0.15) is 5.52 Å². The molecule has 5 nitrogen and oxygen atoms in total. The van der Waals surface area contributed by atoms with Gasteiger partial charge in [0.05, 0.1) is 18.5 Å². The number of nitrogens with zero attached hydrogens (tertiary/aromatic N) is 3. The van der Waals surface area contributed by atoms with Gasteiger partial charge in [-0.2, -0.15) is 0 Å². The Morgan fingerprint density at radius 1 is 1.24 bits per heavy atom. The van der Waals surface area contributed by atoms with E-state index in [0.717, 1.165) is 40.2 Å². The second kappa shape index (κ2) is 7.53. The van der Waals surface area contributed by atoms with Crippen LogP contribution in [-0.4, -0.2) is 32.0 Å². The summed E-state index contributed by atoms with van der Waals surface area (Å²) in [5.74, 6) is 0.484. The van der Waals surface area contributed by atoms with E-state index in [1.165, 1.54) is 7.11 Å². The van der Waals surface area contributed by atoms with Crippen molar-refractivity contribution >= 4 is 28.2 Å². The van der Waals surface area contributed by atoms with Gasteiger partial charge in [-0.3, -0.25) is 0 Å². The van der Waals surface area contributed by atoms with Crippen LogP contribution in [0.1, 0.15) is 25.5 Å². The number of methoxy groups -OCH3 is 1. The summed E-state index contributed by atoms with van der Waals surface area (Å²) in [6.45, 7) is 2.10. The average molecular weight is 353 g/mol. The van der Waals surface area contributed by atoms with E-state index in [9.17, 15) is 5.11 Å². The number of aromatic hydroxyl groups is 1. The molecule has 0 radical (unpaired) electrons. The minimum atomic E-state index is 0.0877. The predicted molar refractivity (Wildman–Crippen MR) is 102 cm³/mol. The molecule has 0 unspecified atom stereocenters. The molecular weight excluding hydrogens is 334 g/mol. The molecule has 0 fully saturated rings. The third kappa shape index (κ3) is 3.74. The van der Waals surface area contributed by atoms with Crippen LogP contribution in [0.15, 0.2) is 36.5 Å². The number of rotatable bonds is 6. The fourth-order valence-electron chi connectivity index (χ4n) is 2.66. The molecule has 6 heteroatoms. The molecule has 128 valence electrons. The summed E-state index contributed by atoms with van der Waals surface area (Å²) in [7, 11) is 1.52. The number of aromatic nitrogens is 3. The molecule has 0 saturated carbocycles. The first-order chi connectivity index (χ1) is 12.1. The van der Waals surface area contributed by atoms with Crippen LogP contribution in [0.3, 0.4) is 0 Å². The minimum absolute atomic E-state index is 0.0877. The number of pyridine rings is 1. The van der Waals surface area contributed by atoms with Crippen molar-refractivity contribution < 1.29 is 9.84 Å². The molecule has 1 N–H and O–H groups in total. The zero-order chi connectivity index (χ0) is 17.8. The Morgan fingerprint density at radius 3 is 2.84 bits per heavy atom. The van der Waals surface area contributed by atoms with E-state index in [0.29, 0.717) is 17.8 Å². The van der Waals surface area contributed by atoms with E-state index >= 15 is 0 Å². The Balaban J connectivity index is 2.15. The van der Waals surface area contributed by atoms with E-state index < -0.39 is 0 Å². The first-order valence-corrected chi connectivity index (χ1v) is 8.54. The maximum Gasteiger partial charge on any atom is 0.178 e. The molecule has 3 aromatic rings. The first kappa shape index (κ1) is 17.2. The lowest BCUT2D eigenvalue weighted by molar-refractivity contribution is 0.373. The maximum atomic E-state index is 9.85. The van der Waals surface area contributed by atoms with Crippen LogP contribution in [0.5, 0.6) is 11.5 Å². The molecule has 3 rings (SSSR count). The van der Waals surface area contributed by atoms with Gasteiger partial charge in [-0.05, 0) is 41.6 Å². The number of thiocarbonyl (C=S) groups is 1. The van der Waals surface area contributed by atoms with E-state index in [1.54, 1.807) is 24.4 Å². The lowest BCUT2D eigenvalue weighted by Crippen LogP contribution is -2.06. The highest BCUT2D eigenvalue weighted by molar-refractivity contribution is 7.80. The van der Waals surface area contributed by atoms with Crippen molar-refractivity contribution in [1.29, 1.82) is 0 Å². The lowest BCUT2D eigenvalue weighted by Gasteiger charge is -2.12. The summed E-state index contributed by atoms with van der Waals surface area (Å²) in [6, 6.07) is 8.87. The standard InChI is InChI=1S/C19H19N3O2S/c1-3-5-13(25)11-15-18(12-7-8-16(23)17(10-12)24-2)21-14-6-4-9-20-19(14)22-15/h4,6-10,23H,3,5,11H2,1-2H3. The molecule has 0 spiro atoms. The van der Waals surface area contributed by atoms with Crippen molar-refractivity contribution in [2.75, 3.05) is 7.11 Å². The fourth-order valence-corrected chi connectivity index (χ4v) is 3.00. The molecule has 0 atom stereocenters. The number of benzene rings is 1. The van der Waals surface area contributed by atoms with Crippen LogP contribution in [0.4, 0.5) is 0 Å². The Labute approximate surface area is 151 Å². The first-order valence-electron chi connectivity index (χ1n) is 8.13. The number of ether oxygens (including phenoxy) is 1. The molecule has 0 aliphatic heterocycles. The van der Waals surface area contributed by atoms with Crippen LogP contribution in [0, 0.1) is 0 Å². The number of phenols is 1. The third-order valence-electron chi connectivity index (χ3n) is 3.86. The maximum absolute atomic E-state index is 9.85. The van der Waals surface area contributed by atoms with Gasteiger partial charge < -0.3 is 9.84 Å². The second-order valence-corrected chi connectivity index (χ2v) is 6.29. The van der Waals surface area contributed by atoms with Crippen LogP contribution in [0.25, 0.3) is 22.4 Å². The topological polar surface area (TPSA) is 68.1 Å². The summed E-state index contributed by atoms with van der Waals surface area (Å²) in [5.41, 5.74) is 3.66. The highest BCUT2D eigenvalue weighted by atomic mass is 32.1.